The first-order chi connectivity index (χ1) is 21.0. The van der Waals surface area contributed by atoms with E-state index in [9.17, 15) is 18.0 Å². The highest BCUT2D eigenvalue weighted by molar-refractivity contribution is 7.92. The van der Waals surface area contributed by atoms with Gasteiger partial charge in [0.05, 0.1) is 17.7 Å². The Kier molecular flexibility index (Phi) is 11.2. The highest BCUT2D eigenvalue weighted by Crippen LogP contribution is 2.28. The number of carbonyl (C=O) groups excluding carboxylic acids is 2. The highest BCUT2D eigenvalue weighted by Gasteiger charge is 2.34. The summed E-state index contributed by atoms with van der Waals surface area (Å²) in [5.41, 5.74) is 1.55. The minimum absolute atomic E-state index is 0.0551. The molecule has 0 aliphatic heterocycles. The van der Waals surface area contributed by atoms with Gasteiger partial charge in [-0.05, 0) is 71.8 Å². The van der Waals surface area contributed by atoms with Gasteiger partial charge < -0.3 is 15.0 Å². The van der Waals surface area contributed by atoms with Crippen molar-refractivity contribution < 1.29 is 22.7 Å². The molecule has 0 bridgehead atoms. The van der Waals surface area contributed by atoms with E-state index in [1.807, 2.05) is 30.3 Å². The van der Waals surface area contributed by atoms with Crippen molar-refractivity contribution in [3.63, 3.8) is 0 Å². The Balaban J connectivity index is 1.80. The normalized spacial score (nSPS) is 11.8. The van der Waals surface area contributed by atoms with E-state index >= 15 is 0 Å². The van der Waals surface area contributed by atoms with E-state index < -0.39 is 34.4 Å². The number of carbonyl (C=O) groups is 2. The molecule has 4 rings (SSSR count). The topological polar surface area (TPSA) is 96.0 Å². The van der Waals surface area contributed by atoms with Gasteiger partial charge in [0.15, 0.2) is 0 Å². The first-order valence-electron chi connectivity index (χ1n) is 13.4. The third kappa shape index (κ3) is 8.04. The zero-order valence-electron chi connectivity index (χ0n) is 23.9. The molecular formula is C32H30Cl3N3O5S. The van der Waals surface area contributed by atoms with E-state index in [0.717, 1.165) is 9.87 Å². The number of methoxy groups -OCH3 is 1. The number of hydrogen-bond donors (Lipinski definition) is 1. The van der Waals surface area contributed by atoms with Crippen molar-refractivity contribution in [2.75, 3.05) is 25.0 Å². The van der Waals surface area contributed by atoms with Gasteiger partial charge in [-0.25, -0.2) is 8.42 Å². The first kappa shape index (κ1) is 33.1. The van der Waals surface area contributed by atoms with Crippen LogP contribution in [0.2, 0.25) is 15.1 Å². The Labute approximate surface area is 272 Å². The van der Waals surface area contributed by atoms with Crippen molar-refractivity contribution in [1.29, 1.82) is 0 Å². The number of sulfonamides is 1. The summed E-state index contributed by atoms with van der Waals surface area (Å²) in [6.07, 6.45) is 0.170. The van der Waals surface area contributed by atoms with Gasteiger partial charge in [0, 0.05) is 35.1 Å². The number of amides is 2. The maximum atomic E-state index is 14.3. The van der Waals surface area contributed by atoms with Crippen molar-refractivity contribution in [2.45, 2.75) is 23.9 Å². The predicted octanol–water partition coefficient (Wildman–Crippen LogP) is 6.24. The van der Waals surface area contributed by atoms with Crippen molar-refractivity contribution in [3.05, 3.63) is 123 Å². The molecular weight excluding hydrogens is 645 g/mol. The fourth-order valence-corrected chi connectivity index (χ4v) is 6.57. The van der Waals surface area contributed by atoms with Crippen LogP contribution < -0.4 is 14.4 Å². The van der Waals surface area contributed by atoms with Gasteiger partial charge in [-0.2, -0.15) is 0 Å². The van der Waals surface area contributed by atoms with Gasteiger partial charge >= 0.3 is 0 Å². The Morgan fingerprint density at radius 1 is 0.864 bits per heavy atom. The third-order valence-electron chi connectivity index (χ3n) is 6.91. The molecule has 0 aliphatic rings. The molecule has 0 saturated carbocycles. The molecule has 12 heteroatoms. The predicted molar refractivity (Wildman–Crippen MR) is 174 cm³/mol. The molecule has 1 atom stereocenters. The smallest absolute Gasteiger partial charge is 0.264 e. The molecule has 2 amide bonds. The molecule has 230 valence electrons. The summed E-state index contributed by atoms with van der Waals surface area (Å²) in [7, 11) is -1.32. The van der Waals surface area contributed by atoms with Crippen LogP contribution in [0, 0.1) is 0 Å². The van der Waals surface area contributed by atoms with Crippen LogP contribution in [0.1, 0.15) is 11.1 Å². The van der Waals surface area contributed by atoms with E-state index in [1.165, 1.54) is 67.6 Å². The summed E-state index contributed by atoms with van der Waals surface area (Å²) in [6, 6.07) is 25.0. The number of likely N-dealkylation sites (N-methyl/N-ethyl adjacent to an activating group) is 1. The SMILES string of the molecule is CNC(=O)[C@H](Cc1ccccc1)N(Cc1ccc(Cl)cc1Cl)C(=O)CN(c1ccc(Cl)cc1)S(=O)(=O)c1ccc(OC)cc1. The monoisotopic (exact) mass is 673 g/mol. The lowest BCUT2D eigenvalue weighted by molar-refractivity contribution is -0.139. The summed E-state index contributed by atoms with van der Waals surface area (Å²) in [5.74, 6) is -0.589. The molecule has 0 unspecified atom stereocenters. The first-order valence-corrected chi connectivity index (χ1v) is 16.0. The maximum absolute atomic E-state index is 14.3. The van der Waals surface area contributed by atoms with Gasteiger partial charge in [0.1, 0.15) is 18.3 Å². The van der Waals surface area contributed by atoms with E-state index in [0.29, 0.717) is 26.4 Å². The van der Waals surface area contributed by atoms with Crippen LogP contribution in [0.3, 0.4) is 0 Å². The van der Waals surface area contributed by atoms with Crippen molar-refractivity contribution in [3.8, 4) is 5.75 Å². The maximum Gasteiger partial charge on any atom is 0.264 e. The molecule has 0 aromatic heterocycles. The van der Waals surface area contributed by atoms with Gasteiger partial charge in [0.25, 0.3) is 10.0 Å². The number of nitrogens with one attached hydrogen (secondary N) is 1. The number of ether oxygens (including phenoxy) is 1. The highest BCUT2D eigenvalue weighted by atomic mass is 35.5. The summed E-state index contributed by atoms with van der Waals surface area (Å²) in [4.78, 5) is 29.0. The number of hydrogen-bond acceptors (Lipinski definition) is 5. The summed E-state index contributed by atoms with van der Waals surface area (Å²) in [6.45, 7) is -0.708. The van der Waals surface area contributed by atoms with Gasteiger partial charge in [-0.3, -0.25) is 13.9 Å². The summed E-state index contributed by atoms with van der Waals surface area (Å²) < 4.78 is 34.3. The second-order valence-corrected chi connectivity index (χ2v) is 12.9. The molecule has 0 saturated heterocycles. The van der Waals surface area contributed by atoms with E-state index in [4.69, 9.17) is 39.5 Å². The van der Waals surface area contributed by atoms with Crippen molar-refractivity contribution >= 4 is 62.3 Å². The van der Waals surface area contributed by atoms with Crippen LogP contribution in [-0.2, 0) is 32.6 Å². The largest absolute Gasteiger partial charge is 0.497 e. The Hall–Kier alpha value is -3.76. The molecule has 8 nitrogen and oxygen atoms in total. The molecule has 0 spiro atoms. The van der Waals surface area contributed by atoms with Gasteiger partial charge in [-0.1, -0.05) is 71.2 Å². The van der Waals surface area contributed by atoms with E-state index in [-0.39, 0.29) is 23.5 Å². The quantitative estimate of drug-likeness (QED) is 0.192. The minimum atomic E-state index is -4.27. The van der Waals surface area contributed by atoms with Crippen molar-refractivity contribution in [2.24, 2.45) is 0 Å². The Bertz CT molecular complexity index is 1700. The Morgan fingerprint density at radius 3 is 2.09 bits per heavy atom. The number of rotatable bonds is 12. The van der Waals surface area contributed by atoms with Crippen LogP contribution in [0.25, 0.3) is 0 Å². The minimum Gasteiger partial charge on any atom is -0.497 e. The average Bonchev–Trinajstić information content (AvgIpc) is 3.03. The summed E-state index contributed by atoms with van der Waals surface area (Å²) in [5, 5.41) is 3.74. The van der Waals surface area contributed by atoms with Crippen molar-refractivity contribution in [1.82, 2.24) is 10.2 Å². The molecule has 4 aromatic rings. The summed E-state index contributed by atoms with van der Waals surface area (Å²) >= 11 is 18.7. The lowest BCUT2D eigenvalue weighted by atomic mass is 10.0. The molecule has 0 fully saturated rings. The van der Waals surface area contributed by atoms with Gasteiger partial charge in [0.2, 0.25) is 11.8 Å². The fourth-order valence-electron chi connectivity index (χ4n) is 4.57. The lowest BCUT2D eigenvalue weighted by Crippen LogP contribution is -2.53. The molecule has 1 N–H and O–H groups in total. The zero-order chi connectivity index (χ0) is 31.9. The average molecular weight is 675 g/mol. The molecule has 44 heavy (non-hydrogen) atoms. The second-order valence-electron chi connectivity index (χ2n) is 9.74. The zero-order valence-corrected chi connectivity index (χ0v) is 27.0. The number of anilines is 1. The van der Waals surface area contributed by atoms with Crippen LogP contribution in [0.15, 0.2) is 102 Å². The van der Waals surface area contributed by atoms with Crippen LogP contribution in [0.4, 0.5) is 5.69 Å². The number of benzene rings is 4. The second kappa shape index (κ2) is 14.8. The fraction of sp³-hybridized carbons (Fsp3) is 0.188. The standard InChI is InChI=1S/C32H30Cl3N3O5S/c1-36-32(40)30(18-22-6-4-3-5-7-22)37(20-23-8-9-25(34)19-29(23)35)31(39)21-38(26-12-10-24(33)11-13-26)44(41,42)28-16-14-27(43-2)15-17-28/h3-17,19,30H,18,20-21H2,1-2H3,(H,36,40)/t30-/m0/s1. The van der Waals surface area contributed by atoms with Gasteiger partial charge in [-0.15, -0.1) is 0 Å². The van der Waals surface area contributed by atoms with E-state index in [1.54, 1.807) is 18.2 Å². The molecule has 4 aromatic carbocycles. The number of nitrogens with zero attached hydrogens (tertiary/aromatic N) is 2. The molecule has 0 radical (unpaired) electrons. The van der Waals surface area contributed by atoms with Crippen LogP contribution >= 0.6 is 34.8 Å². The lowest BCUT2D eigenvalue weighted by Gasteiger charge is -2.33. The number of halogens is 3. The van der Waals surface area contributed by atoms with Crippen LogP contribution in [-0.4, -0.2) is 51.9 Å². The third-order valence-corrected chi connectivity index (χ3v) is 9.54. The van der Waals surface area contributed by atoms with E-state index in [2.05, 4.69) is 5.32 Å². The Morgan fingerprint density at radius 2 is 1.50 bits per heavy atom. The van der Waals surface area contributed by atoms with Crippen LogP contribution in [0.5, 0.6) is 5.75 Å². The molecule has 0 aliphatic carbocycles. The molecule has 0 heterocycles.